The van der Waals surface area contributed by atoms with Crippen molar-refractivity contribution >= 4 is 11.5 Å². The van der Waals surface area contributed by atoms with Crippen molar-refractivity contribution in [2.24, 2.45) is 5.92 Å². The van der Waals surface area contributed by atoms with Crippen LogP contribution >= 0.6 is 0 Å². The predicted molar refractivity (Wildman–Crippen MR) is 56.8 cm³/mol. The number of benzene rings is 1. The number of carboxylic acid groups (broad SMARTS) is 1. The molecule has 2 nitrogen and oxygen atoms in total. The first kappa shape index (κ1) is 12.4. The highest BCUT2D eigenvalue weighted by Crippen LogP contribution is 2.24. The van der Waals surface area contributed by atoms with Gasteiger partial charge in [0.15, 0.2) is 0 Å². The van der Waals surface area contributed by atoms with E-state index in [1.54, 1.807) is 13.8 Å². The molecular weight excluding hydrogens is 214 g/mol. The van der Waals surface area contributed by atoms with Crippen molar-refractivity contribution in [3.63, 3.8) is 0 Å². The summed E-state index contributed by atoms with van der Waals surface area (Å²) in [4.78, 5) is 10.6. The van der Waals surface area contributed by atoms with Crippen molar-refractivity contribution in [3.8, 4) is 0 Å². The predicted octanol–water partition coefficient (Wildman–Crippen LogP) is 3.09. The van der Waals surface area contributed by atoms with Crippen LogP contribution in [-0.4, -0.2) is 11.1 Å². The number of carbonyl (C=O) groups is 1. The molecule has 0 aromatic heterocycles. The van der Waals surface area contributed by atoms with Gasteiger partial charge >= 0.3 is 5.97 Å². The Hall–Kier alpha value is -1.71. The molecule has 0 radical (unpaired) electrons. The average Bonchev–Trinajstić information content (AvgIpc) is 2.11. The van der Waals surface area contributed by atoms with Gasteiger partial charge in [0.25, 0.3) is 0 Å². The normalized spacial score (nSPS) is 11.9. The molecule has 0 amide bonds. The Morgan fingerprint density at radius 2 is 1.75 bits per heavy atom. The van der Waals surface area contributed by atoms with Crippen LogP contribution in [0.3, 0.4) is 0 Å². The highest BCUT2D eigenvalue weighted by atomic mass is 19.1. The highest BCUT2D eigenvalue weighted by molar-refractivity contribution is 5.90. The number of carboxylic acids is 1. The van der Waals surface area contributed by atoms with Crippen LogP contribution in [0.25, 0.3) is 5.57 Å². The zero-order valence-electron chi connectivity index (χ0n) is 9.00. The first-order chi connectivity index (χ1) is 7.40. The molecule has 0 saturated carbocycles. The molecule has 0 saturated heterocycles. The van der Waals surface area contributed by atoms with Gasteiger partial charge < -0.3 is 5.11 Å². The minimum atomic E-state index is -1.13. The molecule has 0 atom stereocenters. The first-order valence-corrected chi connectivity index (χ1v) is 4.81. The van der Waals surface area contributed by atoms with Gasteiger partial charge in [-0.25, -0.2) is 13.6 Å². The average molecular weight is 226 g/mol. The number of hydrogen-bond donors (Lipinski definition) is 1. The molecule has 4 heteroatoms. The summed E-state index contributed by atoms with van der Waals surface area (Å²) in [6.45, 7) is 3.52. The fraction of sp³-hybridized carbons (Fsp3) is 0.250. The van der Waals surface area contributed by atoms with Gasteiger partial charge in [0.05, 0.1) is 0 Å². The summed E-state index contributed by atoms with van der Waals surface area (Å²) in [6, 6.07) is 3.00. The van der Waals surface area contributed by atoms with E-state index in [0.717, 1.165) is 24.3 Å². The van der Waals surface area contributed by atoms with Crippen LogP contribution in [0.5, 0.6) is 0 Å². The lowest BCUT2D eigenvalue weighted by Gasteiger charge is -2.11. The van der Waals surface area contributed by atoms with Crippen molar-refractivity contribution in [1.29, 1.82) is 0 Å². The quantitative estimate of drug-likeness (QED) is 0.804. The van der Waals surface area contributed by atoms with Crippen LogP contribution in [0, 0.1) is 17.6 Å². The second-order valence-electron chi connectivity index (χ2n) is 3.75. The van der Waals surface area contributed by atoms with Gasteiger partial charge in [0.1, 0.15) is 11.6 Å². The van der Waals surface area contributed by atoms with E-state index < -0.39 is 17.6 Å². The van der Waals surface area contributed by atoms with Gasteiger partial charge in [-0.1, -0.05) is 13.8 Å². The van der Waals surface area contributed by atoms with Crippen molar-refractivity contribution < 1.29 is 18.7 Å². The van der Waals surface area contributed by atoms with E-state index in [2.05, 4.69) is 0 Å². The van der Waals surface area contributed by atoms with Crippen LogP contribution in [0.1, 0.15) is 19.4 Å². The van der Waals surface area contributed by atoms with Gasteiger partial charge in [0, 0.05) is 12.1 Å². The fourth-order valence-electron chi connectivity index (χ4n) is 1.44. The molecule has 0 unspecified atom stereocenters. The van der Waals surface area contributed by atoms with Gasteiger partial charge in [-0.3, -0.25) is 0 Å². The van der Waals surface area contributed by atoms with E-state index in [1.807, 2.05) is 0 Å². The molecule has 0 bridgehead atoms. The number of rotatable bonds is 3. The molecule has 0 aliphatic rings. The third-order valence-electron chi connectivity index (χ3n) is 2.10. The molecule has 1 aromatic rings. The van der Waals surface area contributed by atoms with Crippen LogP contribution in [0.15, 0.2) is 24.3 Å². The van der Waals surface area contributed by atoms with Gasteiger partial charge in [0.2, 0.25) is 0 Å². The molecule has 0 aliphatic carbocycles. The maximum atomic E-state index is 13.0. The van der Waals surface area contributed by atoms with Crippen molar-refractivity contribution in [2.75, 3.05) is 0 Å². The molecule has 0 fully saturated rings. The van der Waals surface area contributed by atoms with Crippen molar-refractivity contribution in [3.05, 3.63) is 41.5 Å². The topological polar surface area (TPSA) is 37.3 Å². The number of halogens is 2. The third kappa shape index (κ3) is 3.15. The zero-order valence-corrected chi connectivity index (χ0v) is 9.00. The summed E-state index contributed by atoms with van der Waals surface area (Å²) in [5.41, 5.74) is 0.654. The van der Waals surface area contributed by atoms with Crippen LogP contribution in [0.4, 0.5) is 8.78 Å². The lowest BCUT2D eigenvalue weighted by molar-refractivity contribution is -0.131. The molecule has 86 valence electrons. The van der Waals surface area contributed by atoms with E-state index in [9.17, 15) is 13.6 Å². The smallest absolute Gasteiger partial charge is 0.328 e. The van der Waals surface area contributed by atoms with Gasteiger partial charge in [-0.05, 0) is 29.2 Å². The number of allylic oxidation sites excluding steroid dienone is 1. The standard InChI is InChI=1S/C12H12F2O2/c1-7(2)11(6-12(15)16)8-3-9(13)5-10(14)4-8/h3-7H,1-2H3,(H,15,16)/b11-6+. The highest BCUT2D eigenvalue weighted by Gasteiger charge is 2.11. The second kappa shape index (κ2) is 4.88. The lowest BCUT2D eigenvalue weighted by Crippen LogP contribution is -2.00. The molecular formula is C12H12F2O2. The second-order valence-corrected chi connectivity index (χ2v) is 3.75. The molecule has 1 aromatic carbocycles. The Morgan fingerprint density at radius 3 is 2.12 bits per heavy atom. The zero-order chi connectivity index (χ0) is 12.3. The van der Waals surface area contributed by atoms with E-state index in [1.165, 1.54) is 0 Å². The van der Waals surface area contributed by atoms with E-state index >= 15 is 0 Å². The van der Waals surface area contributed by atoms with E-state index in [0.29, 0.717) is 5.57 Å². The van der Waals surface area contributed by atoms with Crippen molar-refractivity contribution in [2.45, 2.75) is 13.8 Å². The summed E-state index contributed by atoms with van der Waals surface area (Å²) in [6.07, 6.45) is 0.971. The summed E-state index contributed by atoms with van der Waals surface area (Å²) in [5.74, 6) is -2.69. The Kier molecular flexibility index (Phi) is 3.77. The van der Waals surface area contributed by atoms with Crippen LogP contribution < -0.4 is 0 Å². The summed E-state index contributed by atoms with van der Waals surface area (Å²) >= 11 is 0. The maximum absolute atomic E-state index is 13.0. The Balaban J connectivity index is 3.26. The van der Waals surface area contributed by atoms with Gasteiger partial charge in [-0.2, -0.15) is 0 Å². The largest absolute Gasteiger partial charge is 0.478 e. The Morgan fingerprint density at radius 1 is 1.25 bits per heavy atom. The number of aliphatic carboxylic acids is 1. The molecule has 0 heterocycles. The summed E-state index contributed by atoms with van der Waals surface area (Å²) < 4.78 is 25.9. The Bertz CT molecular complexity index is 416. The fourth-order valence-corrected chi connectivity index (χ4v) is 1.44. The maximum Gasteiger partial charge on any atom is 0.328 e. The summed E-state index contributed by atoms with van der Waals surface area (Å²) in [7, 11) is 0. The van der Waals surface area contributed by atoms with E-state index in [-0.39, 0.29) is 11.5 Å². The molecule has 0 aliphatic heterocycles. The SMILES string of the molecule is CC(C)/C(=C\C(=O)O)c1cc(F)cc(F)c1. The molecule has 16 heavy (non-hydrogen) atoms. The molecule has 1 N–H and O–H groups in total. The molecule has 0 spiro atoms. The van der Waals surface area contributed by atoms with Gasteiger partial charge in [-0.15, -0.1) is 0 Å². The summed E-state index contributed by atoms with van der Waals surface area (Å²) in [5, 5.41) is 8.67. The van der Waals surface area contributed by atoms with Crippen LogP contribution in [-0.2, 0) is 4.79 Å². The minimum Gasteiger partial charge on any atom is -0.478 e. The number of hydrogen-bond acceptors (Lipinski definition) is 1. The van der Waals surface area contributed by atoms with Crippen LogP contribution in [0.2, 0.25) is 0 Å². The third-order valence-corrected chi connectivity index (χ3v) is 2.10. The first-order valence-electron chi connectivity index (χ1n) is 4.81. The minimum absolute atomic E-state index is 0.128. The molecule has 1 rings (SSSR count). The van der Waals surface area contributed by atoms with Crippen molar-refractivity contribution in [1.82, 2.24) is 0 Å². The Labute approximate surface area is 92.2 Å². The van der Waals surface area contributed by atoms with E-state index in [4.69, 9.17) is 5.11 Å². The monoisotopic (exact) mass is 226 g/mol. The lowest BCUT2D eigenvalue weighted by atomic mass is 9.95.